The largest absolute Gasteiger partial charge is 0.506 e. The lowest BCUT2D eigenvalue weighted by molar-refractivity contribution is -0.538. The number of Topliss-reactive ketones (excluding diaryl/α,β-unsaturated/α-hetero) is 1. The van der Waals surface area contributed by atoms with Crippen LogP contribution >= 0.6 is 45.8 Å². The maximum absolute atomic E-state index is 14.7. The molecule has 0 spiro atoms. The van der Waals surface area contributed by atoms with Crippen LogP contribution in [-0.2, 0) is 4.79 Å². The van der Waals surface area contributed by atoms with Gasteiger partial charge >= 0.3 is 0 Å². The third-order valence-electron chi connectivity index (χ3n) is 13.9. The predicted octanol–water partition coefficient (Wildman–Crippen LogP) is 14.6. The molecule has 3 aromatic heterocycles. The summed E-state index contributed by atoms with van der Waals surface area (Å²) in [6, 6.07) is 10.3. The van der Waals surface area contributed by atoms with Crippen molar-refractivity contribution in [1.82, 2.24) is 0 Å². The first-order valence-electron chi connectivity index (χ1n) is 25.5. The Morgan fingerprint density at radius 2 is 1.16 bits per heavy atom. The molecule has 0 fully saturated rings. The number of fused-ring (bicyclic) bond motifs is 2. The number of carbonyl (C=O) groups is 1. The van der Waals surface area contributed by atoms with Crippen LogP contribution in [-0.4, -0.2) is 46.7 Å². The minimum atomic E-state index is -0.337. The molecule has 2 aliphatic rings. The van der Waals surface area contributed by atoms with Gasteiger partial charge in [0, 0.05) is 56.3 Å². The number of thioether (sulfide) groups is 1. The highest BCUT2D eigenvalue weighted by Crippen LogP contribution is 2.49. The van der Waals surface area contributed by atoms with Crippen LogP contribution < -0.4 is 14.0 Å². The number of hydrogen-bond donors (Lipinski definition) is 1. The number of aliphatic hydroxyl groups is 1. The highest BCUT2D eigenvalue weighted by atomic mass is 32.2. The molecule has 0 aromatic carbocycles. The molecule has 8 nitrogen and oxygen atoms in total. The van der Waals surface area contributed by atoms with Gasteiger partial charge in [0.15, 0.2) is 0 Å². The van der Waals surface area contributed by atoms with E-state index < -0.39 is 0 Å². The smallest absolute Gasteiger partial charge is 0.241 e. The van der Waals surface area contributed by atoms with Crippen LogP contribution in [0.3, 0.4) is 0 Å². The lowest BCUT2D eigenvalue weighted by Crippen LogP contribution is -2.33. The SMILES string of the molecule is CCCCC(CC)CN(CC(CC)CCCC)c1cc2sc(C3=C(O)/C(=c4/sc5c(c4C=C(C#N)C#N)SC(=[N+](CC(CC)CCCC)CC(CC)CCCC)C=5)C3=O)c(C=C(C#N)C#N)c2s1. The minimum Gasteiger partial charge on any atom is -0.506 e. The second kappa shape index (κ2) is 27.1. The summed E-state index contributed by atoms with van der Waals surface area (Å²) in [5, 5.41) is 54.3. The molecule has 362 valence electrons. The van der Waals surface area contributed by atoms with Crippen LogP contribution in [0, 0.1) is 69.0 Å². The molecule has 4 heterocycles. The van der Waals surface area contributed by atoms with Crippen molar-refractivity contribution < 1.29 is 14.5 Å². The number of unbranched alkanes of at least 4 members (excludes halogenated alkanes) is 4. The number of thiophene rings is 3. The van der Waals surface area contributed by atoms with Gasteiger partial charge in [-0.1, -0.05) is 120 Å². The molecule has 0 amide bonds. The first-order chi connectivity index (χ1) is 33.0. The number of nitriles is 4. The summed E-state index contributed by atoms with van der Waals surface area (Å²) in [5.41, 5.74) is 1.39. The summed E-state index contributed by atoms with van der Waals surface area (Å²) in [4.78, 5) is 18.7. The fraction of sp³-hybridized carbons (Fsp3) is 0.571. The van der Waals surface area contributed by atoms with Gasteiger partial charge in [-0.15, -0.1) is 34.0 Å². The summed E-state index contributed by atoms with van der Waals surface area (Å²) in [7, 11) is 0. The van der Waals surface area contributed by atoms with E-state index in [0.29, 0.717) is 44.2 Å². The molecule has 12 heteroatoms. The number of allylic oxidation sites excluding steroid dienone is 4. The summed E-state index contributed by atoms with van der Waals surface area (Å²) < 4.78 is 5.88. The van der Waals surface area contributed by atoms with E-state index in [1.54, 1.807) is 35.3 Å². The van der Waals surface area contributed by atoms with Crippen LogP contribution in [0.1, 0.15) is 174 Å². The van der Waals surface area contributed by atoms with E-state index in [2.05, 4.69) is 77.0 Å². The first-order valence-corrected chi connectivity index (χ1v) is 28.8. The zero-order valence-corrected chi connectivity index (χ0v) is 45.2. The number of nitrogens with zero attached hydrogens (tertiary/aromatic N) is 6. The summed E-state index contributed by atoms with van der Waals surface area (Å²) in [6.45, 7) is 22.0. The van der Waals surface area contributed by atoms with E-state index in [0.717, 1.165) is 80.7 Å². The second-order valence-electron chi connectivity index (χ2n) is 18.7. The number of anilines is 1. The molecule has 1 aliphatic carbocycles. The maximum atomic E-state index is 14.7. The summed E-state index contributed by atoms with van der Waals surface area (Å²) in [5.74, 6) is 1.75. The Kier molecular flexibility index (Phi) is 21.7. The van der Waals surface area contributed by atoms with Crippen molar-refractivity contribution in [2.75, 3.05) is 31.1 Å². The standard InChI is InChI=1S/C56H72N6O2S4/c1-9-17-21-37(13-5)33-61(34-38(14-6)22-18-10-2)47-27-45-53(67-47)43(25-41(29-57)30-58)55(65-45)49-51(63)50(52(49)64)56-44(26-42(31-59)32-60)54-46(66-56)28-48(68-54)62(35-39(15-7)23-19-11-3)36-40(16-8)24-20-12-4/h25-28,37-40H,9-24,33-36H2,1-8H3/p+1. The summed E-state index contributed by atoms with van der Waals surface area (Å²) in [6.07, 6.45) is 23.9. The maximum Gasteiger partial charge on any atom is 0.241 e. The Balaban J connectivity index is 1.69. The van der Waals surface area contributed by atoms with E-state index >= 15 is 0 Å². The van der Waals surface area contributed by atoms with Gasteiger partial charge in [-0.05, 0) is 80.3 Å². The molecule has 3 aromatic rings. The van der Waals surface area contributed by atoms with Crippen molar-refractivity contribution in [3.8, 4) is 24.3 Å². The molecule has 4 unspecified atom stereocenters. The van der Waals surface area contributed by atoms with Crippen molar-refractivity contribution in [1.29, 1.82) is 21.0 Å². The fourth-order valence-corrected chi connectivity index (χ4v) is 14.7. The molecule has 5 rings (SSSR count). The molecule has 68 heavy (non-hydrogen) atoms. The number of ketones is 1. The molecule has 1 aliphatic heterocycles. The van der Waals surface area contributed by atoms with E-state index in [4.69, 9.17) is 0 Å². The lowest BCUT2D eigenvalue weighted by Gasteiger charge is -2.31. The monoisotopic (exact) mass is 989 g/mol. The average molecular weight is 991 g/mol. The number of hydrogen-bond acceptors (Lipinski definition) is 11. The van der Waals surface area contributed by atoms with Gasteiger partial charge in [0.2, 0.25) is 10.8 Å². The van der Waals surface area contributed by atoms with Crippen LogP contribution in [0.15, 0.2) is 27.9 Å². The molecular formula is C56H73N6O2S4+. The molecule has 0 bridgehead atoms. The van der Waals surface area contributed by atoms with Crippen molar-refractivity contribution in [2.45, 2.75) is 163 Å². The third-order valence-corrected chi connectivity index (χ3v) is 19.0. The second-order valence-corrected chi connectivity index (χ2v) is 22.9. The van der Waals surface area contributed by atoms with Crippen molar-refractivity contribution in [2.24, 2.45) is 23.7 Å². The van der Waals surface area contributed by atoms with E-state index in [1.807, 2.05) is 24.3 Å². The van der Waals surface area contributed by atoms with Crippen molar-refractivity contribution in [3.05, 3.63) is 48.0 Å². The highest BCUT2D eigenvalue weighted by Gasteiger charge is 2.40. The zero-order chi connectivity index (χ0) is 49.3. The number of aliphatic hydroxyl groups excluding tert-OH is 1. The third kappa shape index (κ3) is 13.0. The summed E-state index contributed by atoms with van der Waals surface area (Å²) >= 11 is 6.12. The fourth-order valence-electron chi connectivity index (χ4n) is 9.45. The average Bonchev–Trinajstić information content (AvgIpc) is 4.12. The van der Waals surface area contributed by atoms with Crippen LogP contribution in [0.4, 0.5) is 5.00 Å². The molecule has 1 N–H and O–H groups in total. The Labute approximate surface area is 423 Å². The van der Waals surface area contributed by atoms with Gasteiger partial charge < -0.3 is 10.0 Å². The molecule has 0 saturated carbocycles. The van der Waals surface area contributed by atoms with Gasteiger partial charge in [-0.2, -0.15) is 21.0 Å². The highest BCUT2D eigenvalue weighted by molar-refractivity contribution is 8.15. The van der Waals surface area contributed by atoms with Gasteiger partial charge in [0.25, 0.3) is 0 Å². The molecule has 0 radical (unpaired) electrons. The van der Waals surface area contributed by atoms with Crippen LogP contribution in [0.2, 0.25) is 0 Å². The van der Waals surface area contributed by atoms with Gasteiger partial charge in [0.05, 0.1) is 30.3 Å². The molecule has 0 saturated heterocycles. The number of carbonyl (C=O) groups excluding carboxylic acids is 1. The Morgan fingerprint density at radius 1 is 0.676 bits per heavy atom. The van der Waals surface area contributed by atoms with E-state index in [-0.39, 0.29) is 33.8 Å². The van der Waals surface area contributed by atoms with Gasteiger partial charge in [-0.3, -0.25) is 4.79 Å². The lowest BCUT2D eigenvalue weighted by atomic mass is 9.85. The van der Waals surface area contributed by atoms with E-state index in [9.17, 15) is 30.9 Å². The molecular weight excluding hydrogens is 917 g/mol. The van der Waals surface area contributed by atoms with Crippen molar-refractivity contribution in [3.63, 3.8) is 0 Å². The van der Waals surface area contributed by atoms with Gasteiger partial charge in [-0.25, -0.2) is 4.58 Å². The zero-order valence-electron chi connectivity index (χ0n) is 41.9. The predicted molar refractivity (Wildman–Crippen MR) is 290 cm³/mol. The normalized spacial score (nSPS) is 15.6. The Hall–Kier alpha value is -4.43. The first kappa shape index (κ1) is 54.5. The Morgan fingerprint density at radius 3 is 1.62 bits per heavy atom. The van der Waals surface area contributed by atoms with Gasteiger partial charge in [0.1, 0.15) is 54.3 Å². The molecule has 4 atom stereocenters. The van der Waals surface area contributed by atoms with Crippen LogP contribution in [0.25, 0.3) is 38.8 Å². The minimum absolute atomic E-state index is 0.0763. The number of rotatable bonds is 28. The van der Waals surface area contributed by atoms with Crippen molar-refractivity contribution >= 4 is 100 Å². The van der Waals surface area contributed by atoms with E-state index in [1.165, 1.54) is 99.7 Å². The van der Waals surface area contributed by atoms with Crippen LogP contribution in [0.5, 0.6) is 0 Å². The quantitative estimate of drug-likeness (QED) is 0.0560. The topological polar surface area (TPSA) is 139 Å². The Bertz CT molecular complexity index is 2610.